The van der Waals surface area contributed by atoms with E-state index in [-0.39, 0.29) is 5.69 Å². The van der Waals surface area contributed by atoms with Crippen LogP contribution in [0.1, 0.15) is 0 Å². The zero-order valence-corrected chi connectivity index (χ0v) is 13.3. The number of hydrogen-bond donors (Lipinski definition) is 3. The highest BCUT2D eigenvalue weighted by atomic mass is 35.5. The molecular weight excluding hydrogens is 339 g/mol. The summed E-state index contributed by atoms with van der Waals surface area (Å²) in [5, 5.41) is 14.5. The van der Waals surface area contributed by atoms with E-state index in [0.29, 0.717) is 16.3 Å². The molecule has 6 nitrogen and oxygen atoms in total. The normalized spacial score (nSPS) is 11.6. The van der Waals surface area contributed by atoms with Gasteiger partial charge in [0.2, 0.25) is 5.88 Å². The fourth-order valence-corrected chi connectivity index (χ4v) is 3.15. The van der Waals surface area contributed by atoms with E-state index < -0.39 is 18.8 Å². The van der Waals surface area contributed by atoms with Crippen molar-refractivity contribution in [3.63, 3.8) is 0 Å². The quantitative estimate of drug-likeness (QED) is 0.631. The summed E-state index contributed by atoms with van der Waals surface area (Å²) in [4.78, 5) is 19.2. The Labute approximate surface area is 136 Å². The molecule has 118 valence electrons. The monoisotopic (exact) mass is 350 g/mol. The Bertz CT molecular complexity index is 888. The van der Waals surface area contributed by atoms with Gasteiger partial charge in [0.25, 0.3) is 0 Å². The minimum Gasteiger partial charge on any atom is -0.493 e. The van der Waals surface area contributed by atoms with Crippen LogP contribution in [0.2, 0.25) is 5.02 Å². The van der Waals surface area contributed by atoms with Gasteiger partial charge in [-0.2, -0.15) is 9.78 Å². The molecule has 0 spiro atoms. The van der Waals surface area contributed by atoms with E-state index in [9.17, 15) is 19.5 Å². The molecule has 0 bridgehead atoms. The fourth-order valence-electron chi connectivity index (χ4n) is 2.22. The summed E-state index contributed by atoms with van der Waals surface area (Å²) < 4.78 is 12.9. The van der Waals surface area contributed by atoms with Gasteiger partial charge in [-0.3, -0.25) is 4.57 Å². The Hall–Kier alpha value is -2.11. The lowest BCUT2D eigenvalue weighted by Crippen LogP contribution is -2.06. The van der Waals surface area contributed by atoms with Crippen LogP contribution in [0.5, 0.6) is 5.88 Å². The average molecular weight is 351 g/mol. The Morgan fingerprint density at radius 3 is 2.17 bits per heavy atom. The summed E-state index contributed by atoms with van der Waals surface area (Å²) in [6.07, 6.45) is 0. The van der Waals surface area contributed by atoms with E-state index in [2.05, 4.69) is 5.10 Å². The molecule has 0 saturated carbocycles. The van der Waals surface area contributed by atoms with Crippen LogP contribution in [0.15, 0.2) is 54.6 Å². The van der Waals surface area contributed by atoms with E-state index in [1.807, 2.05) is 0 Å². The van der Waals surface area contributed by atoms with Gasteiger partial charge >= 0.3 is 7.60 Å². The third-order valence-electron chi connectivity index (χ3n) is 3.25. The molecule has 0 fully saturated rings. The zero-order valence-electron chi connectivity index (χ0n) is 11.7. The van der Waals surface area contributed by atoms with Crippen LogP contribution in [0.25, 0.3) is 16.9 Å². The van der Waals surface area contributed by atoms with E-state index in [4.69, 9.17) is 11.6 Å². The van der Waals surface area contributed by atoms with Crippen molar-refractivity contribution in [3.05, 3.63) is 59.6 Å². The van der Waals surface area contributed by atoms with Gasteiger partial charge in [0.1, 0.15) is 5.69 Å². The van der Waals surface area contributed by atoms with E-state index in [0.717, 1.165) is 4.68 Å². The molecule has 0 atom stereocenters. The molecular formula is C15H12ClN2O4P. The third kappa shape index (κ3) is 3.02. The molecule has 0 aliphatic rings. The highest BCUT2D eigenvalue weighted by Crippen LogP contribution is 2.42. The lowest BCUT2D eigenvalue weighted by molar-refractivity contribution is 0.383. The number of rotatable bonds is 3. The van der Waals surface area contributed by atoms with Gasteiger partial charge < -0.3 is 14.9 Å². The van der Waals surface area contributed by atoms with Gasteiger partial charge in [-0.25, -0.2) is 0 Å². The molecule has 0 unspecified atom stereocenters. The Morgan fingerprint density at radius 2 is 1.61 bits per heavy atom. The topological polar surface area (TPSA) is 95.6 Å². The van der Waals surface area contributed by atoms with Crippen molar-refractivity contribution in [3.8, 4) is 22.8 Å². The summed E-state index contributed by atoms with van der Waals surface area (Å²) in [6.45, 7) is 0. The van der Waals surface area contributed by atoms with E-state index in [1.54, 1.807) is 54.6 Å². The van der Waals surface area contributed by atoms with Crippen LogP contribution in [0, 0.1) is 0 Å². The van der Waals surface area contributed by atoms with Gasteiger partial charge in [0.15, 0.2) is 5.30 Å². The van der Waals surface area contributed by atoms with Gasteiger partial charge in [-0.05, 0) is 24.3 Å². The minimum absolute atomic E-state index is 0.0337. The van der Waals surface area contributed by atoms with Crippen molar-refractivity contribution in [1.82, 2.24) is 9.78 Å². The molecule has 0 amide bonds. The molecule has 1 aromatic heterocycles. The minimum atomic E-state index is -4.73. The largest absolute Gasteiger partial charge is 0.493 e. The lowest BCUT2D eigenvalue weighted by atomic mass is 10.2. The molecule has 3 aromatic rings. The lowest BCUT2D eigenvalue weighted by Gasteiger charge is -2.05. The Kier molecular flexibility index (Phi) is 4.00. The number of benzene rings is 2. The number of halogens is 1. The number of nitrogens with zero attached hydrogens (tertiary/aromatic N) is 2. The van der Waals surface area contributed by atoms with Crippen molar-refractivity contribution in [2.45, 2.75) is 0 Å². The molecule has 0 aliphatic carbocycles. The van der Waals surface area contributed by atoms with Crippen molar-refractivity contribution >= 4 is 24.5 Å². The average Bonchev–Trinajstić information content (AvgIpc) is 2.86. The van der Waals surface area contributed by atoms with Crippen molar-refractivity contribution in [2.24, 2.45) is 0 Å². The summed E-state index contributed by atoms with van der Waals surface area (Å²) in [5.41, 5.74) is 0.962. The van der Waals surface area contributed by atoms with Crippen LogP contribution >= 0.6 is 19.2 Å². The predicted octanol–water partition coefficient (Wildman–Crippen LogP) is 2.70. The molecule has 0 aliphatic heterocycles. The van der Waals surface area contributed by atoms with E-state index in [1.165, 1.54) is 0 Å². The van der Waals surface area contributed by atoms with E-state index >= 15 is 0 Å². The number of aromatic nitrogens is 2. The molecule has 2 aromatic carbocycles. The first-order chi connectivity index (χ1) is 10.9. The second-order valence-corrected chi connectivity index (χ2v) is 6.79. The molecule has 1 heterocycles. The first kappa shape index (κ1) is 15.8. The summed E-state index contributed by atoms with van der Waals surface area (Å²) >= 11 is 5.83. The second kappa shape index (κ2) is 5.83. The van der Waals surface area contributed by atoms with Crippen LogP contribution in [0.3, 0.4) is 0 Å². The van der Waals surface area contributed by atoms with Crippen LogP contribution in [0.4, 0.5) is 0 Å². The Morgan fingerprint density at radius 1 is 1.00 bits per heavy atom. The van der Waals surface area contributed by atoms with Crippen molar-refractivity contribution < 1.29 is 19.5 Å². The summed E-state index contributed by atoms with van der Waals surface area (Å²) in [6, 6.07) is 14.9. The third-order valence-corrected chi connectivity index (χ3v) is 4.49. The van der Waals surface area contributed by atoms with Crippen LogP contribution in [-0.4, -0.2) is 24.7 Å². The van der Waals surface area contributed by atoms with Crippen molar-refractivity contribution in [1.29, 1.82) is 0 Å². The maximum Gasteiger partial charge on any atom is 0.363 e. The molecule has 3 rings (SSSR count). The summed E-state index contributed by atoms with van der Waals surface area (Å²) in [7, 11) is -4.73. The first-order valence-corrected chi connectivity index (χ1v) is 8.56. The molecule has 0 saturated heterocycles. The fraction of sp³-hybridized carbons (Fsp3) is 0. The molecule has 0 radical (unpaired) electrons. The van der Waals surface area contributed by atoms with Gasteiger partial charge in [0, 0.05) is 10.6 Å². The first-order valence-electron chi connectivity index (χ1n) is 6.57. The van der Waals surface area contributed by atoms with Gasteiger partial charge in [0.05, 0.1) is 5.69 Å². The van der Waals surface area contributed by atoms with Crippen LogP contribution in [-0.2, 0) is 4.57 Å². The number of hydrogen-bond acceptors (Lipinski definition) is 3. The highest BCUT2D eigenvalue weighted by Gasteiger charge is 2.32. The molecule has 23 heavy (non-hydrogen) atoms. The highest BCUT2D eigenvalue weighted by molar-refractivity contribution is 7.60. The van der Waals surface area contributed by atoms with Gasteiger partial charge in [-0.15, -0.1) is 0 Å². The smallest absolute Gasteiger partial charge is 0.363 e. The maximum atomic E-state index is 11.8. The molecule has 3 N–H and O–H groups in total. The van der Waals surface area contributed by atoms with Crippen LogP contribution < -0.4 is 5.30 Å². The maximum absolute atomic E-state index is 11.8. The zero-order chi connectivity index (χ0) is 16.6. The van der Waals surface area contributed by atoms with Crippen molar-refractivity contribution in [2.75, 3.05) is 0 Å². The predicted molar refractivity (Wildman–Crippen MR) is 87.4 cm³/mol. The standard InChI is InChI=1S/C15H12ClN2O4P/c16-11-6-8-12(9-7-11)18-15(19)14(23(20,21)22)13(17-18)10-4-2-1-3-5-10/h1-9,19H,(H2,20,21,22). The summed E-state index contributed by atoms with van der Waals surface area (Å²) in [5.74, 6) is -0.598. The molecule has 8 heteroatoms. The Balaban J connectivity index is 2.26. The SMILES string of the molecule is O=P(O)(O)c1c(-c2ccccc2)nn(-c2ccc(Cl)cc2)c1O. The van der Waals surface area contributed by atoms with Gasteiger partial charge in [-0.1, -0.05) is 41.9 Å². The second-order valence-electron chi connectivity index (χ2n) is 4.82. The number of aromatic hydroxyl groups is 1.